The molecule has 2 rings (SSSR count). The predicted octanol–water partition coefficient (Wildman–Crippen LogP) is 3.17. The van der Waals surface area contributed by atoms with Gasteiger partial charge in [0.1, 0.15) is 11.3 Å². The first-order valence-electron chi connectivity index (χ1n) is 4.50. The Balaban J connectivity index is 2.53. The zero-order valence-corrected chi connectivity index (χ0v) is 8.12. The molecule has 0 saturated carbocycles. The molecule has 14 heavy (non-hydrogen) atoms. The van der Waals surface area contributed by atoms with Gasteiger partial charge in [-0.3, -0.25) is 0 Å². The predicted molar refractivity (Wildman–Crippen MR) is 56.7 cm³/mol. The van der Waals surface area contributed by atoms with Crippen molar-refractivity contribution < 1.29 is 9.15 Å². The Hall–Kier alpha value is -1.70. The van der Waals surface area contributed by atoms with Crippen molar-refractivity contribution in [3.05, 3.63) is 42.7 Å². The number of fused-ring (bicyclic) bond motifs is 1. The Morgan fingerprint density at radius 3 is 3.07 bits per heavy atom. The van der Waals surface area contributed by atoms with Crippen molar-refractivity contribution in [1.29, 1.82) is 0 Å². The fraction of sp³-hybridized carbons (Fsp3) is 0.167. The number of hydrogen-bond donors (Lipinski definition) is 0. The molecule has 0 saturated heterocycles. The van der Waals surface area contributed by atoms with Crippen molar-refractivity contribution in [2.75, 3.05) is 7.11 Å². The molecule has 0 fully saturated rings. The van der Waals surface area contributed by atoms with Crippen LogP contribution in [0.25, 0.3) is 11.0 Å². The van der Waals surface area contributed by atoms with Gasteiger partial charge in [-0.1, -0.05) is 6.08 Å². The largest absolute Gasteiger partial charge is 0.497 e. The fourth-order valence-electron chi connectivity index (χ4n) is 1.50. The maximum atomic E-state index is 5.42. The highest BCUT2D eigenvalue weighted by Crippen LogP contribution is 2.25. The number of hydrogen-bond acceptors (Lipinski definition) is 2. The second-order valence-corrected chi connectivity index (χ2v) is 3.12. The number of allylic oxidation sites excluding steroid dienone is 1. The SMILES string of the molecule is C=CCc1coc2cc(OC)ccc12. The van der Waals surface area contributed by atoms with Gasteiger partial charge >= 0.3 is 0 Å². The van der Waals surface area contributed by atoms with E-state index in [1.54, 1.807) is 13.4 Å². The van der Waals surface area contributed by atoms with E-state index in [0.717, 1.165) is 28.7 Å². The summed E-state index contributed by atoms with van der Waals surface area (Å²) in [4.78, 5) is 0. The van der Waals surface area contributed by atoms with Crippen LogP contribution in [0.1, 0.15) is 5.56 Å². The molecule has 0 spiro atoms. The molecule has 72 valence electrons. The van der Waals surface area contributed by atoms with Gasteiger partial charge in [-0.2, -0.15) is 0 Å². The Morgan fingerprint density at radius 1 is 1.50 bits per heavy atom. The molecular formula is C12H12O2. The van der Waals surface area contributed by atoms with Crippen LogP contribution in [0.3, 0.4) is 0 Å². The summed E-state index contributed by atoms with van der Waals surface area (Å²) in [7, 11) is 1.65. The van der Waals surface area contributed by atoms with Crippen molar-refractivity contribution in [3.63, 3.8) is 0 Å². The summed E-state index contributed by atoms with van der Waals surface area (Å²) in [5.41, 5.74) is 2.03. The first-order valence-corrected chi connectivity index (χ1v) is 4.50. The van der Waals surface area contributed by atoms with Crippen LogP contribution in [0.5, 0.6) is 5.75 Å². The van der Waals surface area contributed by atoms with E-state index in [0.29, 0.717) is 0 Å². The second kappa shape index (κ2) is 3.58. The Labute approximate surface area is 82.8 Å². The van der Waals surface area contributed by atoms with Crippen molar-refractivity contribution in [1.82, 2.24) is 0 Å². The number of benzene rings is 1. The Morgan fingerprint density at radius 2 is 2.36 bits per heavy atom. The quantitative estimate of drug-likeness (QED) is 0.690. The summed E-state index contributed by atoms with van der Waals surface area (Å²) in [5.74, 6) is 0.817. The van der Waals surface area contributed by atoms with E-state index in [1.807, 2.05) is 24.3 Å². The lowest BCUT2D eigenvalue weighted by atomic mass is 10.1. The second-order valence-electron chi connectivity index (χ2n) is 3.12. The van der Waals surface area contributed by atoms with E-state index < -0.39 is 0 Å². The topological polar surface area (TPSA) is 22.4 Å². The fourth-order valence-corrected chi connectivity index (χ4v) is 1.50. The van der Waals surface area contributed by atoms with E-state index >= 15 is 0 Å². The molecule has 0 bridgehead atoms. The Kier molecular flexibility index (Phi) is 2.27. The van der Waals surface area contributed by atoms with Gasteiger partial charge in [0.2, 0.25) is 0 Å². The minimum Gasteiger partial charge on any atom is -0.497 e. The number of rotatable bonds is 3. The van der Waals surface area contributed by atoms with Gasteiger partial charge in [-0.25, -0.2) is 0 Å². The van der Waals surface area contributed by atoms with E-state index in [9.17, 15) is 0 Å². The highest BCUT2D eigenvalue weighted by molar-refractivity contribution is 5.82. The number of ether oxygens (including phenoxy) is 1. The molecule has 0 aliphatic rings. The van der Waals surface area contributed by atoms with Crippen molar-refractivity contribution >= 4 is 11.0 Å². The molecule has 0 unspecified atom stereocenters. The molecule has 1 heterocycles. The molecule has 0 aliphatic heterocycles. The van der Waals surface area contributed by atoms with Crippen LogP contribution in [-0.2, 0) is 6.42 Å². The summed E-state index contributed by atoms with van der Waals surface area (Å²) in [6.07, 6.45) is 4.47. The third-order valence-corrected chi connectivity index (χ3v) is 2.23. The molecule has 0 amide bonds. The standard InChI is InChI=1S/C12H12O2/c1-3-4-9-8-14-12-7-10(13-2)5-6-11(9)12/h3,5-8H,1,4H2,2H3. The molecule has 0 radical (unpaired) electrons. The van der Waals surface area contributed by atoms with Crippen LogP contribution in [0.2, 0.25) is 0 Å². The highest BCUT2D eigenvalue weighted by Gasteiger charge is 2.04. The third-order valence-electron chi connectivity index (χ3n) is 2.23. The lowest BCUT2D eigenvalue weighted by Crippen LogP contribution is -1.81. The van der Waals surface area contributed by atoms with Crippen LogP contribution in [0.15, 0.2) is 41.5 Å². The highest BCUT2D eigenvalue weighted by atomic mass is 16.5. The molecule has 0 atom stereocenters. The molecule has 0 aliphatic carbocycles. The minimum atomic E-state index is 0.817. The molecular weight excluding hydrogens is 176 g/mol. The van der Waals surface area contributed by atoms with E-state index in [2.05, 4.69) is 6.58 Å². The molecule has 1 aromatic heterocycles. The van der Waals surface area contributed by atoms with Crippen LogP contribution < -0.4 is 4.74 Å². The van der Waals surface area contributed by atoms with Crippen LogP contribution in [-0.4, -0.2) is 7.11 Å². The summed E-state index contributed by atoms with van der Waals surface area (Å²) < 4.78 is 10.5. The molecule has 2 aromatic rings. The van der Waals surface area contributed by atoms with Gasteiger partial charge in [0.15, 0.2) is 0 Å². The van der Waals surface area contributed by atoms with Gasteiger partial charge in [0.25, 0.3) is 0 Å². The van der Waals surface area contributed by atoms with E-state index in [-0.39, 0.29) is 0 Å². The number of methoxy groups -OCH3 is 1. The van der Waals surface area contributed by atoms with Gasteiger partial charge in [0.05, 0.1) is 13.4 Å². The minimum absolute atomic E-state index is 0.817. The lowest BCUT2D eigenvalue weighted by Gasteiger charge is -1.98. The summed E-state index contributed by atoms with van der Waals surface area (Å²) >= 11 is 0. The van der Waals surface area contributed by atoms with Crippen molar-refractivity contribution in [3.8, 4) is 5.75 Å². The zero-order chi connectivity index (χ0) is 9.97. The van der Waals surface area contributed by atoms with Crippen molar-refractivity contribution in [2.45, 2.75) is 6.42 Å². The zero-order valence-electron chi connectivity index (χ0n) is 8.12. The molecule has 0 N–H and O–H groups in total. The summed E-state index contributed by atoms with van der Waals surface area (Å²) in [6, 6.07) is 5.84. The van der Waals surface area contributed by atoms with Gasteiger partial charge < -0.3 is 9.15 Å². The lowest BCUT2D eigenvalue weighted by molar-refractivity contribution is 0.414. The monoisotopic (exact) mass is 188 g/mol. The molecule has 1 aromatic carbocycles. The first kappa shape index (κ1) is 8.88. The van der Waals surface area contributed by atoms with Crippen LogP contribution in [0, 0.1) is 0 Å². The maximum Gasteiger partial charge on any atom is 0.137 e. The average molecular weight is 188 g/mol. The average Bonchev–Trinajstić information content (AvgIpc) is 2.61. The number of furan rings is 1. The smallest absolute Gasteiger partial charge is 0.137 e. The van der Waals surface area contributed by atoms with Gasteiger partial charge in [-0.15, -0.1) is 6.58 Å². The van der Waals surface area contributed by atoms with E-state index in [1.165, 1.54) is 0 Å². The maximum absolute atomic E-state index is 5.42. The van der Waals surface area contributed by atoms with Crippen LogP contribution >= 0.6 is 0 Å². The first-order chi connectivity index (χ1) is 6.85. The Bertz CT molecular complexity index is 454. The van der Waals surface area contributed by atoms with Gasteiger partial charge in [0, 0.05) is 17.0 Å². The van der Waals surface area contributed by atoms with Crippen LogP contribution in [0.4, 0.5) is 0 Å². The summed E-state index contributed by atoms with van der Waals surface area (Å²) in [5, 5.41) is 1.13. The van der Waals surface area contributed by atoms with Gasteiger partial charge in [-0.05, 0) is 18.6 Å². The molecule has 2 heteroatoms. The molecule has 2 nitrogen and oxygen atoms in total. The third kappa shape index (κ3) is 1.39. The van der Waals surface area contributed by atoms with Crippen molar-refractivity contribution in [2.24, 2.45) is 0 Å². The summed E-state index contributed by atoms with van der Waals surface area (Å²) in [6.45, 7) is 3.71. The van der Waals surface area contributed by atoms with E-state index in [4.69, 9.17) is 9.15 Å². The normalized spacial score (nSPS) is 10.4.